The Morgan fingerprint density at radius 3 is 1.57 bits per heavy atom. The average Bonchev–Trinajstić information content (AvgIpc) is 3.05. The number of hydrogen-bond acceptors (Lipinski definition) is 2. The van der Waals surface area contributed by atoms with Gasteiger partial charge in [0.2, 0.25) is 0 Å². The van der Waals surface area contributed by atoms with Gasteiger partial charge in [-0.3, -0.25) is 0 Å². The van der Waals surface area contributed by atoms with Gasteiger partial charge in [0.1, 0.15) is 0 Å². The van der Waals surface area contributed by atoms with E-state index in [1.54, 1.807) is 0 Å². The summed E-state index contributed by atoms with van der Waals surface area (Å²) in [5.74, 6) is 0.769. The summed E-state index contributed by atoms with van der Waals surface area (Å²) in [5.41, 5.74) is 11.5. The summed E-state index contributed by atoms with van der Waals surface area (Å²) in [6.07, 6.45) is 13.0. The first kappa shape index (κ1) is 29.9. The minimum atomic E-state index is 0.201. The molecule has 46 heavy (non-hydrogen) atoms. The Morgan fingerprint density at radius 2 is 1.09 bits per heavy atom. The summed E-state index contributed by atoms with van der Waals surface area (Å²) in [7, 11) is 0. The van der Waals surface area contributed by atoms with Crippen molar-refractivity contribution in [1.82, 2.24) is 0 Å². The third kappa shape index (κ3) is 5.36. The molecule has 0 saturated carbocycles. The largest absolute Gasteiger partial charge is 0.336 e. The van der Waals surface area contributed by atoms with Crippen molar-refractivity contribution in [2.24, 2.45) is 11.8 Å². The minimum absolute atomic E-state index is 0.201. The highest BCUT2D eigenvalue weighted by atomic mass is 15.2. The van der Waals surface area contributed by atoms with Crippen molar-refractivity contribution < 1.29 is 0 Å². The molecular weight excluding hydrogens is 556 g/mol. The summed E-state index contributed by atoms with van der Waals surface area (Å²) in [6, 6.07) is 36.2. The number of fused-ring (bicyclic) bond motifs is 2. The topological polar surface area (TPSA) is 6.48 Å². The summed E-state index contributed by atoms with van der Waals surface area (Å²) >= 11 is 0. The lowest BCUT2D eigenvalue weighted by atomic mass is 9.86. The van der Waals surface area contributed by atoms with Crippen molar-refractivity contribution in [1.29, 1.82) is 0 Å². The molecule has 0 bridgehead atoms. The zero-order valence-corrected chi connectivity index (χ0v) is 28.0. The Morgan fingerprint density at radius 1 is 0.587 bits per heavy atom. The summed E-state index contributed by atoms with van der Waals surface area (Å²) in [5, 5.41) is 5.04. The average molecular weight is 601 g/mol. The van der Waals surface area contributed by atoms with Gasteiger partial charge >= 0.3 is 0 Å². The molecule has 0 amide bonds. The zero-order chi connectivity index (χ0) is 31.9. The lowest BCUT2D eigenvalue weighted by molar-refractivity contribution is 0.543. The Kier molecular flexibility index (Phi) is 7.90. The third-order valence-electron chi connectivity index (χ3n) is 9.79. The number of allylic oxidation sites excluding steroid dienone is 6. The van der Waals surface area contributed by atoms with Gasteiger partial charge < -0.3 is 9.80 Å². The second kappa shape index (κ2) is 12.2. The molecule has 0 N–H and O–H groups in total. The standard InChI is InChI=1S/C44H44N2/c1-29-15-21-35(22-16-29)45(36-23-17-30(2)18-24-36)43-37-11-7-9-13-39(37)44(40-14-10-8-12-38(40)43)46(41-25-19-31(3)27-33(41)5)42-26-20-32(4)28-34(42)6/h7-27,33-34,41H,28H2,1-6H3. The number of rotatable bonds is 6. The maximum absolute atomic E-state index is 2.69. The number of nitrogens with zero attached hydrogens (tertiary/aromatic N) is 2. The molecule has 0 heterocycles. The van der Waals surface area contributed by atoms with Crippen LogP contribution in [-0.4, -0.2) is 6.04 Å². The first-order chi connectivity index (χ1) is 22.3. The van der Waals surface area contributed by atoms with Gasteiger partial charge in [-0.15, -0.1) is 0 Å². The van der Waals surface area contributed by atoms with E-state index < -0.39 is 0 Å². The summed E-state index contributed by atoms with van der Waals surface area (Å²) in [4.78, 5) is 5.15. The van der Waals surface area contributed by atoms with Gasteiger partial charge in [-0.1, -0.05) is 133 Å². The molecule has 0 saturated heterocycles. The molecule has 7 rings (SSSR count). The van der Waals surface area contributed by atoms with E-state index in [0.717, 1.165) is 17.8 Å². The molecule has 230 valence electrons. The minimum Gasteiger partial charge on any atom is -0.336 e. The first-order valence-corrected chi connectivity index (χ1v) is 16.7. The van der Waals surface area contributed by atoms with Crippen molar-refractivity contribution in [3.05, 3.63) is 155 Å². The second-order valence-electron chi connectivity index (χ2n) is 13.5. The van der Waals surface area contributed by atoms with Gasteiger partial charge in [0.15, 0.2) is 0 Å². The third-order valence-corrected chi connectivity index (χ3v) is 9.79. The van der Waals surface area contributed by atoms with Gasteiger partial charge in [-0.05, 0) is 70.4 Å². The molecule has 0 aliphatic heterocycles. The molecule has 2 aliphatic rings. The van der Waals surface area contributed by atoms with Crippen molar-refractivity contribution in [3.63, 3.8) is 0 Å². The summed E-state index contributed by atoms with van der Waals surface area (Å²) < 4.78 is 0. The molecule has 2 heteroatoms. The molecular formula is C44H44N2. The second-order valence-corrected chi connectivity index (χ2v) is 13.5. The molecule has 5 aromatic rings. The van der Waals surface area contributed by atoms with Gasteiger partial charge in [0.25, 0.3) is 0 Å². The van der Waals surface area contributed by atoms with Gasteiger partial charge in [0, 0.05) is 44.5 Å². The summed E-state index contributed by atoms with van der Waals surface area (Å²) in [6.45, 7) is 13.5. The molecule has 0 aromatic heterocycles. The van der Waals surface area contributed by atoms with E-state index in [1.807, 2.05) is 0 Å². The molecule has 0 fully saturated rings. The van der Waals surface area contributed by atoms with Crippen LogP contribution in [0.5, 0.6) is 0 Å². The van der Waals surface area contributed by atoms with Crippen LogP contribution in [-0.2, 0) is 0 Å². The maximum Gasteiger partial charge on any atom is 0.0619 e. The van der Waals surface area contributed by atoms with E-state index in [2.05, 4.69) is 179 Å². The van der Waals surface area contributed by atoms with Gasteiger partial charge in [-0.25, -0.2) is 0 Å². The van der Waals surface area contributed by atoms with Crippen LogP contribution in [0.1, 0.15) is 45.2 Å². The fourth-order valence-electron chi connectivity index (χ4n) is 7.51. The van der Waals surface area contributed by atoms with Gasteiger partial charge in [-0.2, -0.15) is 0 Å². The Labute approximate surface area is 274 Å². The Bertz CT molecular complexity index is 1940. The van der Waals surface area contributed by atoms with Gasteiger partial charge in [0.05, 0.1) is 17.4 Å². The highest BCUT2D eigenvalue weighted by molar-refractivity contribution is 6.22. The first-order valence-electron chi connectivity index (χ1n) is 16.7. The van der Waals surface area contributed by atoms with Crippen molar-refractivity contribution in [2.75, 3.05) is 9.80 Å². The van der Waals surface area contributed by atoms with E-state index in [9.17, 15) is 0 Å². The highest BCUT2D eigenvalue weighted by Gasteiger charge is 2.33. The molecule has 2 nitrogen and oxygen atoms in total. The molecule has 2 aliphatic carbocycles. The predicted molar refractivity (Wildman–Crippen MR) is 200 cm³/mol. The van der Waals surface area contributed by atoms with Crippen molar-refractivity contribution >= 4 is 44.3 Å². The van der Waals surface area contributed by atoms with E-state index in [4.69, 9.17) is 0 Å². The molecule has 5 aromatic carbocycles. The quantitative estimate of drug-likeness (QED) is 0.141. The Hall–Kier alpha value is -4.82. The maximum atomic E-state index is 2.69. The van der Waals surface area contributed by atoms with Crippen LogP contribution in [0, 0.1) is 25.7 Å². The fourth-order valence-corrected chi connectivity index (χ4v) is 7.51. The zero-order valence-electron chi connectivity index (χ0n) is 28.0. The number of aryl methyl sites for hydroxylation is 2. The van der Waals surface area contributed by atoms with Crippen LogP contribution in [0.15, 0.2) is 144 Å². The van der Waals surface area contributed by atoms with Crippen LogP contribution >= 0.6 is 0 Å². The van der Waals surface area contributed by atoms with Crippen molar-refractivity contribution in [2.45, 2.75) is 54.0 Å². The molecule has 3 atom stereocenters. The molecule has 0 radical (unpaired) electrons. The normalized spacial score (nSPS) is 19.5. The molecule has 3 unspecified atom stereocenters. The SMILES string of the molecule is CC1=CC(C)C(N(C2=CC=C(C)CC2C)c2c3ccccc3c(N(c3ccc(C)cc3)c3ccc(C)cc3)c3ccccc23)C=C1. The van der Waals surface area contributed by atoms with E-state index in [-0.39, 0.29) is 6.04 Å². The monoisotopic (exact) mass is 600 g/mol. The van der Waals surface area contributed by atoms with E-state index in [0.29, 0.717) is 11.8 Å². The molecule has 0 spiro atoms. The van der Waals surface area contributed by atoms with Crippen molar-refractivity contribution in [3.8, 4) is 0 Å². The lowest BCUT2D eigenvalue weighted by Crippen LogP contribution is -2.41. The predicted octanol–water partition coefficient (Wildman–Crippen LogP) is 12.3. The van der Waals surface area contributed by atoms with Crippen LogP contribution in [0.4, 0.5) is 22.7 Å². The fraction of sp³-hybridized carbons (Fsp3) is 0.227. The lowest BCUT2D eigenvalue weighted by Gasteiger charge is -2.42. The van der Waals surface area contributed by atoms with Crippen LogP contribution < -0.4 is 9.80 Å². The number of hydrogen-bond donors (Lipinski definition) is 0. The number of anilines is 4. The van der Waals surface area contributed by atoms with E-state index in [1.165, 1.54) is 60.9 Å². The van der Waals surface area contributed by atoms with Crippen LogP contribution in [0.25, 0.3) is 21.5 Å². The van der Waals surface area contributed by atoms with Crippen LogP contribution in [0.3, 0.4) is 0 Å². The van der Waals surface area contributed by atoms with Crippen LogP contribution in [0.2, 0.25) is 0 Å². The number of benzene rings is 5. The Balaban J connectivity index is 1.58. The van der Waals surface area contributed by atoms with E-state index >= 15 is 0 Å². The highest BCUT2D eigenvalue weighted by Crippen LogP contribution is 2.50. The smallest absolute Gasteiger partial charge is 0.0619 e.